The zero-order valence-electron chi connectivity index (χ0n) is 8.59. The molecule has 0 aliphatic carbocycles. The van der Waals surface area contributed by atoms with Crippen molar-refractivity contribution in [1.29, 1.82) is 0 Å². The highest BCUT2D eigenvalue weighted by atomic mass is 35.5. The summed E-state index contributed by atoms with van der Waals surface area (Å²) in [4.78, 5) is 0. The molecule has 0 nitrogen and oxygen atoms in total. The maximum Gasteiger partial charge on any atom is 0.0991 e. The van der Waals surface area contributed by atoms with Crippen molar-refractivity contribution in [3.8, 4) is 0 Å². The maximum atomic E-state index is 6.33. The highest BCUT2D eigenvalue weighted by Gasteiger charge is 2.15. The molecule has 1 unspecified atom stereocenters. The van der Waals surface area contributed by atoms with Crippen LogP contribution in [0.3, 0.4) is 0 Å². The smallest absolute Gasteiger partial charge is 0.0991 e. The predicted molar refractivity (Wildman–Crippen MR) is 78.1 cm³/mol. The highest BCUT2D eigenvalue weighted by molar-refractivity contribution is 7.20. The first kappa shape index (κ1) is 13.5. The molecule has 0 bridgehead atoms. The first-order chi connectivity index (χ1) is 8.06. The van der Waals surface area contributed by atoms with Crippen molar-refractivity contribution in [2.75, 3.05) is 0 Å². The number of halogens is 4. The Labute approximate surface area is 124 Å². The van der Waals surface area contributed by atoms with Crippen molar-refractivity contribution < 1.29 is 0 Å². The summed E-state index contributed by atoms with van der Waals surface area (Å²) in [5.41, 5.74) is 2.01. The van der Waals surface area contributed by atoms with Gasteiger partial charge in [0.05, 0.1) is 14.0 Å². The van der Waals surface area contributed by atoms with Gasteiger partial charge in [-0.3, -0.25) is 0 Å². The fourth-order valence-corrected chi connectivity index (χ4v) is 3.68. The molecular formula is C12H8Cl4S. The van der Waals surface area contributed by atoms with Gasteiger partial charge in [0.25, 0.3) is 0 Å². The summed E-state index contributed by atoms with van der Waals surface area (Å²) in [6, 6.07) is 9.44. The Bertz CT molecular complexity index is 504. The third kappa shape index (κ3) is 3.52. The lowest BCUT2D eigenvalue weighted by atomic mass is 10.1. The van der Waals surface area contributed by atoms with E-state index in [-0.39, 0.29) is 5.38 Å². The quantitative estimate of drug-likeness (QED) is 0.587. The third-order valence-corrected chi connectivity index (χ3v) is 4.51. The topological polar surface area (TPSA) is 0 Å². The van der Waals surface area contributed by atoms with Crippen molar-refractivity contribution in [2.24, 2.45) is 0 Å². The van der Waals surface area contributed by atoms with Crippen LogP contribution in [0.2, 0.25) is 13.7 Å². The van der Waals surface area contributed by atoms with Gasteiger partial charge in [0, 0.05) is 10.6 Å². The van der Waals surface area contributed by atoms with Gasteiger partial charge in [0.15, 0.2) is 0 Å². The molecule has 0 saturated carbocycles. The molecule has 2 rings (SSSR count). The number of hydrogen-bond donors (Lipinski definition) is 0. The molecule has 0 saturated heterocycles. The van der Waals surface area contributed by atoms with E-state index in [2.05, 4.69) is 0 Å². The molecule has 1 heterocycles. The number of thiophene rings is 1. The van der Waals surface area contributed by atoms with Gasteiger partial charge < -0.3 is 0 Å². The van der Waals surface area contributed by atoms with Gasteiger partial charge >= 0.3 is 0 Å². The van der Waals surface area contributed by atoms with E-state index in [4.69, 9.17) is 46.4 Å². The molecule has 1 aromatic heterocycles. The molecular weight excluding hydrogens is 318 g/mol. The second kappa shape index (κ2) is 5.81. The Morgan fingerprint density at radius 3 is 2.24 bits per heavy atom. The van der Waals surface area contributed by atoms with Crippen LogP contribution in [0.5, 0.6) is 0 Å². The van der Waals surface area contributed by atoms with Crippen LogP contribution in [0.25, 0.3) is 0 Å². The summed E-state index contributed by atoms with van der Waals surface area (Å²) in [6.07, 6.45) is 0.700. The Hall–Kier alpha value is 0.0800. The number of rotatable bonds is 3. The van der Waals surface area contributed by atoms with E-state index in [0.717, 1.165) is 16.1 Å². The first-order valence-corrected chi connectivity index (χ1v) is 7.28. The van der Waals surface area contributed by atoms with Crippen LogP contribution >= 0.6 is 57.7 Å². The zero-order valence-corrected chi connectivity index (χ0v) is 12.4. The van der Waals surface area contributed by atoms with E-state index in [9.17, 15) is 0 Å². The molecule has 17 heavy (non-hydrogen) atoms. The molecule has 0 spiro atoms. The Morgan fingerprint density at radius 1 is 1.06 bits per heavy atom. The Morgan fingerprint density at radius 2 is 1.71 bits per heavy atom. The lowest BCUT2D eigenvalue weighted by Gasteiger charge is -2.08. The zero-order chi connectivity index (χ0) is 12.4. The number of benzene rings is 1. The second-order valence-electron chi connectivity index (χ2n) is 3.58. The summed E-state index contributed by atoms with van der Waals surface area (Å²) in [5, 5.41) is 0.545. The van der Waals surface area contributed by atoms with Crippen molar-refractivity contribution in [3.05, 3.63) is 55.2 Å². The Kier molecular flexibility index (Phi) is 4.62. The largest absolute Gasteiger partial charge is 0.117 e. The maximum absolute atomic E-state index is 6.33. The average Bonchev–Trinajstić information content (AvgIpc) is 2.61. The second-order valence-corrected chi connectivity index (χ2v) is 6.83. The monoisotopic (exact) mass is 324 g/mol. The van der Waals surface area contributed by atoms with Crippen molar-refractivity contribution in [1.82, 2.24) is 0 Å². The van der Waals surface area contributed by atoms with Crippen LogP contribution in [-0.4, -0.2) is 0 Å². The minimum absolute atomic E-state index is 0.174. The van der Waals surface area contributed by atoms with Crippen LogP contribution in [0, 0.1) is 0 Å². The van der Waals surface area contributed by atoms with Gasteiger partial charge in [-0.25, -0.2) is 0 Å². The van der Waals surface area contributed by atoms with Crippen LogP contribution in [0.15, 0.2) is 30.3 Å². The molecule has 5 heteroatoms. The lowest BCUT2D eigenvalue weighted by Crippen LogP contribution is -1.94. The van der Waals surface area contributed by atoms with Gasteiger partial charge in [0.2, 0.25) is 0 Å². The minimum atomic E-state index is -0.174. The molecule has 1 atom stereocenters. The fourth-order valence-electron chi connectivity index (χ4n) is 1.50. The summed E-state index contributed by atoms with van der Waals surface area (Å²) in [5.74, 6) is 0. The summed E-state index contributed by atoms with van der Waals surface area (Å²) in [7, 11) is 0. The number of hydrogen-bond acceptors (Lipinski definition) is 1. The summed E-state index contributed by atoms with van der Waals surface area (Å²) >= 11 is 25.4. The van der Waals surface area contributed by atoms with E-state index < -0.39 is 0 Å². The predicted octanol–water partition coefficient (Wildman–Crippen LogP) is 6.23. The molecule has 1 aromatic carbocycles. The molecule has 0 fully saturated rings. The van der Waals surface area contributed by atoms with E-state index in [1.165, 1.54) is 11.3 Å². The van der Waals surface area contributed by atoms with E-state index in [1.807, 2.05) is 30.3 Å². The van der Waals surface area contributed by atoms with Crippen LogP contribution in [-0.2, 0) is 6.42 Å². The third-order valence-electron chi connectivity index (χ3n) is 2.35. The van der Waals surface area contributed by atoms with E-state index in [0.29, 0.717) is 15.1 Å². The fraction of sp³-hybridized carbons (Fsp3) is 0.167. The van der Waals surface area contributed by atoms with Gasteiger partial charge in [0.1, 0.15) is 0 Å². The molecule has 0 aliphatic heterocycles. The highest BCUT2D eigenvalue weighted by Crippen LogP contribution is 2.38. The van der Waals surface area contributed by atoms with Gasteiger partial charge in [-0.2, -0.15) is 0 Å². The van der Waals surface area contributed by atoms with Gasteiger partial charge in [-0.05, 0) is 30.2 Å². The lowest BCUT2D eigenvalue weighted by molar-refractivity contribution is 0.925. The van der Waals surface area contributed by atoms with Crippen LogP contribution < -0.4 is 0 Å². The first-order valence-electron chi connectivity index (χ1n) is 4.89. The van der Waals surface area contributed by atoms with E-state index in [1.54, 1.807) is 0 Å². The molecule has 0 aliphatic rings. The molecule has 2 aromatic rings. The average molecular weight is 326 g/mol. The molecule has 0 amide bonds. The molecule has 0 N–H and O–H groups in total. The SMILES string of the molecule is Clc1ccc(CC(Cl)c2cc(Cl)sc2Cl)cc1. The summed E-state index contributed by atoms with van der Waals surface area (Å²) < 4.78 is 1.32. The van der Waals surface area contributed by atoms with Crippen LogP contribution in [0.4, 0.5) is 0 Å². The molecule has 0 radical (unpaired) electrons. The number of alkyl halides is 1. The van der Waals surface area contributed by atoms with Gasteiger partial charge in [-0.15, -0.1) is 22.9 Å². The summed E-state index contributed by atoms with van der Waals surface area (Å²) in [6.45, 7) is 0. The van der Waals surface area contributed by atoms with E-state index >= 15 is 0 Å². The minimum Gasteiger partial charge on any atom is -0.117 e. The standard InChI is InChI=1S/C12H8Cl4S/c13-8-3-1-7(2-4-8)5-10(14)9-6-11(15)17-12(9)16/h1-4,6,10H,5H2. The van der Waals surface area contributed by atoms with Crippen molar-refractivity contribution >= 4 is 57.7 Å². The Balaban J connectivity index is 2.14. The van der Waals surface area contributed by atoms with Crippen LogP contribution in [0.1, 0.15) is 16.5 Å². The van der Waals surface area contributed by atoms with Crippen molar-refractivity contribution in [3.63, 3.8) is 0 Å². The van der Waals surface area contributed by atoms with Crippen molar-refractivity contribution in [2.45, 2.75) is 11.8 Å². The normalized spacial score (nSPS) is 12.7. The van der Waals surface area contributed by atoms with Gasteiger partial charge in [-0.1, -0.05) is 46.9 Å². The molecule has 90 valence electrons.